The van der Waals surface area contributed by atoms with E-state index in [0.717, 1.165) is 17.5 Å². The standard InChI is InChI=1S/C20H24O/c1-4-15(2)20(17-11-6-5-7-12-17)19(21)14-18-13-9-8-10-16(18)3/h5-13,15,20H,4,14H2,1-3H3. The lowest BCUT2D eigenvalue weighted by Gasteiger charge is -2.22. The fourth-order valence-corrected chi connectivity index (χ4v) is 2.83. The third-order valence-electron chi connectivity index (χ3n) is 4.34. The van der Waals surface area contributed by atoms with Crippen LogP contribution in [0.1, 0.15) is 42.9 Å². The zero-order valence-corrected chi connectivity index (χ0v) is 13.2. The van der Waals surface area contributed by atoms with Gasteiger partial charge in [-0.05, 0) is 29.5 Å². The summed E-state index contributed by atoms with van der Waals surface area (Å²) >= 11 is 0. The van der Waals surface area contributed by atoms with Crippen molar-refractivity contribution in [3.63, 3.8) is 0 Å². The first kappa shape index (κ1) is 15.5. The van der Waals surface area contributed by atoms with Crippen LogP contribution in [0.4, 0.5) is 0 Å². The minimum absolute atomic E-state index is 0.00388. The normalized spacial score (nSPS) is 13.7. The molecule has 2 atom stereocenters. The number of hydrogen-bond acceptors (Lipinski definition) is 1. The average Bonchev–Trinajstić information content (AvgIpc) is 2.50. The molecule has 2 aromatic carbocycles. The number of carbonyl (C=O) groups excluding carboxylic acids is 1. The van der Waals surface area contributed by atoms with Gasteiger partial charge in [0.15, 0.2) is 0 Å². The van der Waals surface area contributed by atoms with Crippen LogP contribution in [0.5, 0.6) is 0 Å². The molecule has 0 spiro atoms. The maximum Gasteiger partial charge on any atom is 0.144 e. The Bertz CT molecular complexity index is 586. The monoisotopic (exact) mass is 280 g/mol. The van der Waals surface area contributed by atoms with Gasteiger partial charge < -0.3 is 0 Å². The highest BCUT2D eigenvalue weighted by molar-refractivity contribution is 5.88. The zero-order chi connectivity index (χ0) is 15.2. The van der Waals surface area contributed by atoms with E-state index in [1.807, 2.05) is 30.3 Å². The summed E-state index contributed by atoms with van der Waals surface area (Å²) in [7, 11) is 0. The maximum absolute atomic E-state index is 12.9. The lowest BCUT2D eigenvalue weighted by molar-refractivity contribution is -0.120. The highest BCUT2D eigenvalue weighted by atomic mass is 16.1. The molecule has 0 bridgehead atoms. The molecule has 1 heteroatoms. The van der Waals surface area contributed by atoms with Crippen molar-refractivity contribution in [1.29, 1.82) is 0 Å². The van der Waals surface area contributed by atoms with Crippen LogP contribution in [0.3, 0.4) is 0 Å². The van der Waals surface area contributed by atoms with Gasteiger partial charge in [-0.25, -0.2) is 0 Å². The Morgan fingerprint density at radius 3 is 2.24 bits per heavy atom. The largest absolute Gasteiger partial charge is 0.299 e. The van der Waals surface area contributed by atoms with Crippen LogP contribution >= 0.6 is 0 Å². The van der Waals surface area contributed by atoms with Crippen molar-refractivity contribution in [2.45, 2.75) is 39.5 Å². The third kappa shape index (κ3) is 3.81. The molecule has 0 aromatic heterocycles. The van der Waals surface area contributed by atoms with Crippen LogP contribution in [-0.2, 0) is 11.2 Å². The molecule has 0 fully saturated rings. The topological polar surface area (TPSA) is 17.1 Å². The van der Waals surface area contributed by atoms with Crippen molar-refractivity contribution in [2.75, 3.05) is 0 Å². The van der Waals surface area contributed by atoms with E-state index < -0.39 is 0 Å². The maximum atomic E-state index is 12.9. The van der Waals surface area contributed by atoms with Gasteiger partial charge in [-0.2, -0.15) is 0 Å². The van der Waals surface area contributed by atoms with Gasteiger partial charge in [0.25, 0.3) is 0 Å². The summed E-state index contributed by atoms with van der Waals surface area (Å²) in [6.45, 7) is 6.40. The molecule has 0 aliphatic rings. The van der Waals surface area contributed by atoms with Gasteiger partial charge in [-0.1, -0.05) is 74.9 Å². The molecule has 0 heterocycles. The van der Waals surface area contributed by atoms with Crippen molar-refractivity contribution < 1.29 is 4.79 Å². The van der Waals surface area contributed by atoms with Crippen molar-refractivity contribution in [3.8, 4) is 0 Å². The molecule has 2 unspecified atom stereocenters. The average molecular weight is 280 g/mol. The highest BCUT2D eigenvalue weighted by Gasteiger charge is 2.25. The number of aryl methyl sites for hydroxylation is 1. The Morgan fingerprint density at radius 2 is 1.62 bits per heavy atom. The molecule has 21 heavy (non-hydrogen) atoms. The molecule has 0 aliphatic heterocycles. The first-order chi connectivity index (χ1) is 10.1. The van der Waals surface area contributed by atoms with Crippen LogP contribution < -0.4 is 0 Å². The van der Waals surface area contributed by atoms with Gasteiger partial charge in [0.2, 0.25) is 0 Å². The van der Waals surface area contributed by atoms with Gasteiger partial charge in [-0.3, -0.25) is 4.79 Å². The lowest BCUT2D eigenvalue weighted by Crippen LogP contribution is -2.21. The Kier molecular flexibility index (Phi) is 5.32. The number of ketones is 1. The molecule has 2 rings (SSSR count). The van der Waals surface area contributed by atoms with E-state index in [-0.39, 0.29) is 5.92 Å². The molecule has 0 N–H and O–H groups in total. The summed E-state index contributed by atoms with van der Waals surface area (Å²) in [5.41, 5.74) is 3.49. The Labute approximate surface area is 128 Å². The molecule has 0 amide bonds. The van der Waals surface area contributed by atoms with Crippen LogP contribution in [0.2, 0.25) is 0 Å². The SMILES string of the molecule is CCC(C)C(C(=O)Cc1ccccc1C)c1ccccc1. The Hall–Kier alpha value is -1.89. The van der Waals surface area contributed by atoms with E-state index in [9.17, 15) is 4.79 Å². The second-order valence-corrected chi connectivity index (χ2v) is 5.84. The van der Waals surface area contributed by atoms with E-state index in [4.69, 9.17) is 0 Å². The molecule has 0 radical (unpaired) electrons. The van der Waals surface area contributed by atoms with Gasteiger partial charge in [0, 0.05) is 12.3 Å². The smallest absolute Gasteiger partial charge is 0.144 e. The second-order valence-electron chi connectivity index (χ2n) is 5.84. The number of Topliss-reactive ketones (excluding diaryl/α,β-unsaturated/α-hetero) is 1. The number of benzene rings is 2. The van der Waals surface area contributed by atoms with E-state index in [2.05, 4.69) is 45.0 Å². The van der Waals surface area contributed by atoms with Gasteiger partial charge in [-0.15, -0.1) is 0 Å². The molecular weight excluding hydrogens is 256 g/mol. The molecule has 0 saturated heterocycles. The van der Waals surface area contributed by atoms with Gasteiger partial charge in [0.05, 0.1) is 0 Å². The Balaban J connectivity index is 2.25. The van der Waals surface area contributed by atoms with Crippen molar-refractivity contribution >= 4 is 5.78 Å². The third-order valence-corrected chi connectivity index (χ3v) is 4.34. The molecule has 2 aromatic rings. The summed E-state index contributed by atoms with van der Waals surface area (Å²) < 4.78 is 0. The summed E-state index contributed by atoms with van der Waals surface area (Å²) in [6, 6.07) is 18.4. The summed E-state index contributed by atoms with van der Waals surface area (Å²) in [6.07, 6.45) is 1.54. The second kappa shape index (κ2) is 7.21. The quantitative estimate of drug-likeness (QED) is 0.732. The summed E-state index contributed by atoms with van der Waals surface area (Å²) in [4.78, 5) is 12.9. The van der Waals surface area contributed by atoms with E-state index in [1.54, 1.807) is 0 Å². The lowest BCUT2D eigenvalue weighted by atomic mass is 9.80. The van der Waals surface area contributed by atoms with Gasteiger partial charge in [0.1, 0.15) is 5.78 Å². The minimum Gasteiger partial charge on any atom is -0.299 e. The number of carbonyl (C=O) groups is 1. The molecule has 1 nitrogen and oxygen atoms in total. The van der Waals surface area contributed by atoms with Crippen molar-refractivity contribution in [2.24, 2.45) is 5.92 Å². The fourth-order valence-electron chi connectivity index (χ4n) is 2.83. The first-order valence-corrected chi connectivity index (χ1v) is 7.75. The predicted octanol–water partition coefficient (Wildman–Crippen LogP) is 4.94. The van der Waals surface area contributed by atoms with Crippen molar-refractivity contribution in [1.82, 2.24) is 0 Å². The van der Waals surface area contributed by atoms with Crippen LogP contribution in [-0.4, -0.2) is 5.78 Å². The highest BCUT2D eigenvalue weighted by Crippen LogP contribution is 2.29. The molecule has 0 aliphatic carbocycles. The number of rotatable bonds is 6. The fraction of sp³-hybridized carbons (Fsp3) is 0.350. The van der Waals surface area contributed by atoms with E-state index in [1.165, 1.54) is 5.56 Å². The molecular formula is C20H24O. The van der Waals surface area contributed by atoms with Crippen molar-refractivity contribution in [3.05, 3.63) is 71.3 Å². The molecule has 0 saturated carbocycles. The van der Waals surface area contributed by atoms with Crippen LogP contribution in [0.25, 0.3) is 0 Å². The summed E-state index contributed by atoms with van der Waals surface area (Å²) in [5.74, 6) is 0.685. The van der Waals surface area contributed by atoms with Gasteiger partial charge >= 0.3 is 0 Å². The zero-order valence-electron chi connectivity index (χ0n) is 13.2. The van der Waals surface area contributed by atoms with E-state index >= 15 is 0 Å². The minimum atomic E-state index is -0.00388. The Morgan fingerprint density at radius 1 is 1.00 bits per heavy atom. The van der Waals surface area contributed by atoms with E-state index in [0.29, 0.717) is 18.1 Å². The van der Waals surface area contributed by atoms with Crippen LogP contribution in [0.15, 0.2) is 54.6 Å². The predicted molar refractivity (Wildman–Crippen MR) is 88.5 cm³/mol. The molecule has 110 valence electrons. The number of hydrogen-bond donors (Lipinski definition) is 0. The van der Waals surface area contributed by atoms with Crippen LogP contribution in [0, 0.1) is 12.8 Å². The summed E-state index contributed by atoms with van der Waals surface area (Å²) in [5, 5.41) is 0. The first-order valence-electron chi connectivity index (χ1n) is 7.75.